The first-order chi connectivity index (χ1) is 7.42. The molecule has 0 amide bonds. The van der Waals surface area contributed by atoms with Crippen LogP contribution in [-0.4, -0.2) is 12.4 Å². The molecular weight excluding hydrogens is 181 g/mol. The van der Waals surface area contributed by atoms with Crippen molar-refractivity contribution in [3.05, 3.63) is 48.5 Å². The second-order valence-corrected chi connectivity index (χ2v) is 3.64. The van der Waals surface area contributed by atoms with Gasteiger partial charge in [0, 0.05) is 21.8 Å². The van der Waals surface area contributed by atoms with Gasteiger partial charge in [0.2, 0.25) is 0 Å². The van der Waals surface area contributed by atoms with Crippen LogP contribution in [0.3, 0.4) is 0 Å². The fraction of sp³-hybridized carbons (Fsp3) is 0.0769. The molecular formula is C13H10BN. The van der Waals surface area contributed by atoms with E-state index < -0.39 is 0 Å². The summed E-state index contributed by atoms with van der Waals surface area (Å²) >= 11 is 0. The van der Waals surface area contributed by atoms with Crippen LogP contribution in [0.25, 0.3) is 21.8 Å². The molecule has 0 unspecified atom stereocenters. The largest absolute Gasteiger partial charge is 0.350 e. The number of para-hydroxylation sites is 2. The summed E-state index contributed by atoms with van der Waals surface area (Å²) in [7, 11) is 5.79. The SMILES string of the molecule is [B]Cn1c2ccccc2c2ccccc21. The fourth-order valence-corrected chi connectivity index (χ4v) is 2.20. The van der Waals surface area contributed by atoms with Crippen LogP contribution >= 0.6 is 0 Å². The normalized spacial score (nSPS) is 11.2. The third-order valence-electron chi connectivity index (χ3n) is 2.86. The Hall–Kier alpha value is -1.70. The molecule has 1 heterocycles. The molecule has 2 radical (unpaired) electrons. The van der Waals surface area contributed by atoms with Crippen LogP contribution in [-0.2, 0) is 6.44 Å². The zero-order valence-electron chi connectivity index (χ0n) is 8.35. The molecule has 1 aromatic heterocycles. The van der Waals surface area contributed by atoms with Crippen LogP contribution in [0.1, 0.15) is 0 Å². The van der Waals surface area contributed by atoms with E-state index in [0.29, 0.717) is 6.44 Å². The fourth-order valence-electron chi connectivity index (χ4n) is 2.20. The predicted octanol–water partition coefficient (Wildman–Crippen LogP) is 2.92. The van der Waals surface area contributed by atoms with Gasteiger partial charge in [-0.1, -0.05) is 36.4 Å². The topological polar surface area (TPSA) is 4.93 Å². The highest BCUT2D eigenvalue weighted by atomic mass is 15.0. The summed E-state index contributed by atoms with van der Waals surface area (Å²) in [6.07, 6.45) is 0.522. The smallest absolute Gasteiger partial charge is 0.0948 e. The van der Waals surface area contributed by atoms with Crippen LogP contribution in [0.2, 0.25) is 0 Å². The van der Waals surface area contributed by atoms with Crippen LogP contribution in [0, 0.1) is 0 Å². The highest BCUT2D eigenvalue weighted by Crippen LogP contribution is 2.27. The molecule has 0 aliphatic carbocycles. The van der Waals surface area contributed by atoms with Gasteiger partial charge in [-0.3, -0.25) is 0 Å². The number of nitrogens with zero attached hydrogens (tertiary/aromatic N) is 1. The first-order valence-corrected chi connectivity index (χ1v) is 5.08. The molecule has 2 heteroatoms. The molecule has 0 aliphatic heterocycles. The first kappa shape index (κ1) is 8.60. The van der Waals surface area contributed by atoms with Crippen molar-refractivity contribution in [1.29, 1.82) is 0 Å². The number of hydrogen-bond donors (Lipinski definition) is 0. The quantitative estimate of drug-likeness (QED) is 0.521. The van der Waals surface area contributed by atoms with Crippen molar-refractivity contribution in [3.63, 3.8) is 0 Å². The van der Waals surface area contributed by atoms with E-state index in [-0.39, 0.29) is 0 Å². The molecule has 0 aliphatic rings. The minimum absolute atomic E-state index is 0.522. The average Bonchev–Trinajstić information content (AvgIpc) is 2.63. The molecule has 0 saturated heterocycles. The summed E-state index contributed by atoms with van der Waals surface area (Å²) in [6.45, 7) is 0. The zero-order valence-corrected chi connectivity index (χ0v) is 8.35. The Morgan fingerprint density at radius 1 is 0.800 bits per heavy atom. The van der Waals surface area contributed by atoms with Gasteiger partial charge in [0.1, 0.15) is 0 Å². The number of rotatable bonds is 1. The van der Waals surface area contributed by atoms with Crippen molar-refractivity contribution >= 4 is 29.7 Å². The lowest BCUT2D eigenvalue weighted by Crippen LogP contribution is -1.95. The monoisotopic (exact) mass is 191 g/mol. The summed E-state index contributed by atoms with van der Waals surface area (Å²) in [6, 6.07) is 16.7. The minimum atomic E-state index is 0.522. The lowest BCUT2D eigenvalue weighted by atomic mass is 10.1. The molecule has 70 valence electrons. The molecule has 0 fully saturated rings. The van der Waals surface area contributed by atoms with Gasteiger partial charge >= 0.3 is 0 Å². The summed E-state index contributed by atoms with van der Waals surface area (Å²) in [5.41, 5.74) is 2.42. The number of hydrogen-bond acceptors (Lipinski definition) is 0. The van der Waals surface area contributed by atoms with E-state index in [0.717, 1.165) is 0 Å². The number of aromatic nitrogens is 1. The van der Waals surface area contributed by atoms with E-state index in [1.54, 1.807) is 0 Å². The van der Waals surface area contributed by atoms with Gasteiger partial charge in [-0.2, -0.15) is 0 Å². The minimum Gasteiger partial charge on any atom is -0.350 e. The second-order valence-electron chi connectivity index (χ2n) is 3.64. The number of benzene rings is 2. The summed E-state index contributed by atoms with van der Waals surface area (Å²) in [5.74, 6) is 0. The maximum Gasteiger partial charge on any atom is 0.0948 e. The first-order valence-electron chi connectivity index (χ1n) is 5.08. The van der Waals surface area contributed by atoms with E-state index in [2.05, 4.69) is 41.0 Å². The van der Waals surface area contributed by atoms with E-state index in [4.69, 9.17) is 7.85 Å². The standard InChI is InChI=1S/C13H10BN/c14-9-15-12-7-3-1-5-10(12)11-6-2-4-8-13(11)15/h1-8H,9H2. The Kier molecular flexibility index (Phi) is 1.81. The Morgan fingerprint density at radius 2 is 1.27 bits per heavy atom. The molecule has 3 aromatic rings. The van der Waals surface area contributed by atoms with Gasteiger partial charge in [-0.05, 0) is 18.6 Å². The van der Waals surface area contributed by atoms with Crippen LogP contribution in [0.4, 0.5) is 0 Å². The molecule has 0 saturated carbocycles. The molecule has 0 spiro atoms. The van der Waals surface area contributed by atoms with Crippen molar-refractivity contribution in [3.8, 4) is 0 Å². The maximum atomic E-state index is 5.79. The molecule has 3 rings (SSSR count). The third-order valence-corrected chi connectivity index (χ3v) is 2.86. The molecule has 15 heavy (non-hydrogen) atoms. The van der Waals surface area contributed by atoms with Gasteiger partial charge in [0.05, 0.1) is 7.85 Å². The Balaban J connectivity index is 2.62. The third kappa shape index (κ3) is 1.11. The molecule has 0 N–H and O–H groups in total. The van der Waals surface area contributed by atoms with Gasteiger partial charge < -0.3 is 4.57 Å². The molecule has 1 nitrogen and oxygen atoms in total. The van der Waals surface area contributed by atoms with Crippen LogP contribution in [0.5, 0.6) is 0 Å². The Labute approximate surface area is 89.7 Å². The highest BCUT2D eigenvalue weighted by molar-refractivity contribution is 6.12. The predicted molar refractivity (Wildman–Crippen MR) is 65.2 cm³/mol. The zero-order chi connectivity index (χ0) is 10.3. The van der Waals surface area contributed by atoms with Crippen molar-refractivity contribution in [2.75, 3.05) is 0 Å². The van der Waals surface area contributed by atoms with Crippen molar-refractivity contribution in [2.45, 2.75) is 6.44 Å². The van der Waals surface area contributed by atoms with Crippen molar-refractivity contribution < 1.29 is 0 Å². The summed E-state index contributed by atoms with van der Waals surface area (Å²) in [5, 5.41) is 2.55. The molecule has 0 atom stereocenters. The van der Waals surface area contributed by atoms with E-state index in [9.17, 15) is 0 Å². The number of fused-ring (bicyclic) bond motifs is 3. The summed E-state index contributed by atoms with van der Waals surface area (Å²) in [4.78, 5) is 0. The van der Waals surface area contributed by atoms with E-state index in [1.165, 1.54) is 21.8 Å². The Morgan fingerprint density at radius 3 is 1.73 bits per heavy atom. The maximum absolute atomic E-state index is 5.79. The molecule has 2 aromatic carbocycles. The Bertz CT molecular complexity index is 571. The van der Waals surface area contributed by atoms with Gasteiger partial charge in [-0.25, -0.2) is 0 Å². The lowest BCUT2D eigenvalue weighted by molar-refractivity contribution is 0.973. The van der Waals surface area contributed by atoms with Gasteiger partial charge in [-0.15, -0.1) is 0 Å². The average molecular weight is 191 g/mol. The van der Waals surface area contributed by atoms with Gasteiger partial charge in [0.25, 0.3) is 0 Å². The van der Waals surface area contributed by atoms with Crippen LogP contribution in [0.15, 0.2) is 48.5 Å². The van der Waals surface area contributed by atoms with Gasteiger partial charge in [0.15, 0.2) is 0 Å². The van der Waals surface area contributed by atoms with E-state index >= 15 is 0 Å². The van der Waals surface area contributed by atoms with Crippen LogP contribution < -0.4 is 0 Å². The second kappa shape index (κ2) is 3.16. The molecule has 0 bridgehead atoms. The van der Waals surface area contributed by atoms with Crippen molar-refractivity contribution in [1.82, 2.24) is 4.57 Å². The summed E-state index contributed by atoms with van der Waals surface area (Å²) < 4.78 is 2.14. The lowest BCUT2D eigenvalue weighted by Gasteiger charge is -2.01. The van der Waals surface area contributed by atoms with Crippen molar-refractivity contribution in [2.24, 2.45) is 0 Å². The highest BCUT2D eigenvalue weighted by Gasteiger charge is 2.06. The van der Waals surface area contributed by atoms with E-state index in [1.807, 2.05) is 12.1 Å².